The molecule has 1 heterocycles. The summed E-state index contributed by atoms with van der Waals surface area (Å²) in [5.41, 5.74) is 1.82. The monoisotopic (exact) mass is 235 g/mol. The summed E-state index contributed by atoms with van der Waals surface area (Å²) < 4.78 is 0. The number of hydrogen-bond donors (Lipinski definition) is 2. The molecule has 1 aromatic carbocycles. The van der Waals surface area contributed by atoms with E-state index in [1.807, 2.05) is 24.3 Å². The fourth-order valence-corrected chi connectivity index (χ4v) is 2.38. The van der Waals surface area contributed by atoms with Crippen LogP contribution in [0.3, 0.4) is 0 Å². The number of aromatic nitrogens is 1. The van der Waals surface area contributed by atoms with Gasteiger partial charge in [-0.05, 0) is 11.6 Å². The van der Waals surface area contributed by atoms with Crippen LogP contribution in [0.15, 0.2) is 35.1 Å². The first kappa shape index (κ1) is 11.2. The van der Waals surface area contributed by atoms with Gasteiger partial charge in [-0.15, -0.1) is 0 Å². The molecular formula is C12H13NO2S. The molecule has 2 rings (SSSR count). The minimum atomic E-state index is -0.0710. The third kappa shape index (κ3) is 2.46. The first-order chi connectivity index (χ1) is 7.81. The molecule has 0 bridgehead atoms. The van der Waals surface area contributed by atoms with E-state index in [9.17, 15) is 4.79 Å². The molecule has 0 atom stereocenters. The molecule has 0 radical (unpaired) electrons. The van der Waals surface area contributed by atoms with Gasteiger partial charge in [0, 0.05) is 28.5 Å². The predicted molar refractivity (Wildman–Crippen MR) is 67.8 cm³/mol. The van der Waals surface area contributed by atoms with Gasteiger partial charge in [0.2, 0.25) is 5.56 Å². The lowest BCUT2D eigenvalue weighted by Crippen LogP contribution is -2.06. The van der Waals surface area contributed by atoms with Crippen molar-refractivity contribution in [3.05, 3.63) is 46.2 Å². The normalized spacial score (nSPS) is 10.8. The Morgan fingerprint density at radius 3 is 2.94 bits per heavy atom. The van der Waals surface area contributed by atoms with Crippen LogP contribution in [0, 0.1) is 0 Å². The van der Waals surface area contributed by atoms with Gasteiger partial charge in [-0.2, -0.15) is 11.8 Å². The van der Waals surface area contributed by atoms with E-state index in [2.05, 4.69) is 4.98 Å². The number of H-pyrrole nitrogens is 1. The Bertz CT molecular complexity index is 536. The number of nitrogens with one attached hydrogen (secondary N) is 1. The van der Waals surface area contributed by atoms with Gasteiger partial charge in [0.05, 0.1) is 6.61 Å². The molecule has 0 aliphatic rings. The van der Waals surface area contributed by atoms with Crippen LogP contribution in [0.5, 0.6) is 0 Å². The molecule has 2 aromatic rings. The topological polar surface area (TPSA) is 53.1 Å². The Hall–Kier alpha value is -1.26. The number of benzene rings is 1. The highest BCUT2D eigenvalue weighted by molar-refractivity contribution is 7.98. The van der Waals surface area contributed by atoms with Gasteiger partial charge in [-0.3, -0.25) is 4.79 Å². The van der Waals surface area contributed by atoms with E-state index in [4.69, 9.17) is 5.11 Å². The molecule has 1 aromatic heterocycles. The lowest BCUT2D eigenvalue weighted by Gasteiger charge is -2.05. The third-order valence-electron chi connectivity index (χ3n) is 2.33. The minimum absolute atomic E-state index is 0.0710. The highest BCUT2D eigenvalue weighted by Crippen LogP contribution is 2.19. The smallest absolute Gasteiger partial charge is 0.248 e. The van der Waals surface area contributed by atoms with Crippen molar-refractivity contribution in [3.8, 4) is 0 Å². The van der Waals surface area contributed by atoms with Crippen molar-refractivity contribution < 1.29 is 5.11 Å². The van der Waals surface area contributed by atoms with E-state index in [-0.39, 0.29) is 12.2 Å². The number of fused-ring (bicyclic) bond motifs is 1. The lowest BCUT2D eigenvalue weighted by atomic mass is 10.1. The van der Waals surface area contributed by atoms with Crippen molar-refractivity contribution >= 4 is 22.7 Å². The Morgan fingerprint density at radius 1 is 1.31 bits per heavy atom. The molecule has 0 spiro atoms. The van der Waals surface area contributed by atoms with Crippen LogP contribution in [0.4, 0.5) is 0 Å². The number of rotatable bonds is 4. The number of pyridine rings is 1. The average Bonchev–Trinajstić information content (AvgIpc) is 2.29. The van der Waals surface area contributed by atoms with Crippen LogP contribution in [-0.2, 0) is 5.75 Å². The fourth-order valence-electron chi connectivity index (χ4n) is 1.64. The molecule has 84 valence electrons. The molecule has 0 aliphatic carbocycles. The van der Waals surface area contributed by atoms with Gasteiger partial charge >= 0.3 is 0 Å². The number of hydrogen-bond acceptors (Lipinski definition) is 3. The average molecular weight is 235 g/mol. The number of aliphatic hydroxyl groups is 1. The Balaban J connectivity index is 2.38. The van der Waals surface area contributed by atoms with Gasteiger partial charge in [0.15, 0.2) is 0 Å². The third-order valence-corrected chi connectivity index (χ3v) is 3.32. The Kier molecular flexibility index (Phi) is 3.64. The molecule has 4 heteroatoms. The van der Waals surface area contributed by atoms with Crippen LogP contribution in [-0.4, -0.2) is 22.5 Å². The highest BCUT2D eigenvalue weighted by Gasteiger charge is 2.02. The number of aliphatic hydroxyl groups excluding tert-OH is 1. The Morgan fingerprint density at radius 2 is 2.12 bits per heavy atom. The van der Waals surface area contributed by atoms with E-state index in [0.29, 0.717) is 5.75 Å². The second-order valence-corrected chi connectivity index (χ2v) is 4.59. The lowest BCUT2D eigenvalue weighted by molar-refractivity contribution is 0.322. The van der Waals surface area contributed by atoms with Gasteiger partial charge in [-0.25, -0.2) is 0 Å². The maximum absolute atomic E-state index is 11.4. The number of aromatic amines is 1. The van der Waals surface area contributed by atoms with Crippen LogP contribution in [0.1, 0.15) is 5.56 Å². The quantitative estimate of drug-likeness (QED) is 0.794. The van der Waals surface area contributed by atoms with E-state index in [1.165, 1.54) is 0 Å². The second-order valence-electron chi connectivity index (χ2n) is 3.48. The van der Waals surface area contributed by atoms with Gasteiger partial charge in [-0.1, -0.05) is 18.2 Å². The molecule has 2 N–H and O–H groups in total. The van der Waals surface area contributed by atoms with Crippen LogP contribution < -0.4 is 5.56 Å². The van der Waals surface area contributed by atoms with E-state index in [0.717, 1.165) is 22.2 Å². The van der Waals surface area contributed by atoms with Crippen molar-refractivity contribution in [3.63, 3.8) is 0 Å². The number of para-hydroxylation sites is 1. The zero-order valence-electron chi connectivity index (χ0n) is 8.77. The molecule has 0 unspecified atom stereocenters. The van der Waals surface area contributed by atoms with Crippen molar-refractivity contribution in [1.82, 2.24) is 4.98 Å². The first-order valence-corrected chi connectivity index (χ1v) is 6.26. The van der Waals surface area contributed by atoms with Crippen LogP contribution in [0.25, 0.3) is 10.9 Å². The summed E-state index contributed by atoms with van der Waals surface area (Å²) >= 11 is 1.63. The molecular weight excluding hydrogens is 222 g/mol. The van der Waals surface area contributed by atoms with Crippen LogP contribution in [0.2, 0.25) is 0 Å². The summed E-state index contributed by atoms with van der Waals surface area (Å²) in [7, 11) is 0. The Labute approximate surface area is 97.5 Å². The highest BCUT2D eigenvalue weighted by atomic mass is 32.2. The van der Waals surface area contributed by atoms with Crippen LogP contribution >= 0.6 is 11.8 Å². The molecule has 0 fully saturated rings. The van der Waals surface area contributed by atoms with Gasteiger partial charge in [0.1, 0.15) is 0 Å². The van der Waals surface area contributed by atoms with Crippen molar-refractivity contribution in [2.45, 2.75) is 5.75 Å². The molecule has 0 saturated carbocycles. The molecule has 0 amide bonds. The molecule has 3 nitrogen and oxygen atoms in total. The number of thioether (sulfide) groups is 1. The minimum Gasteiger partial charge on any atom is -0.396 e. The summed E-state index contributed by atoms with van der Waals surface area (Å²) in [4.78, 5) is 14.2. The van der Waals surface area contributed by atoms with Gasteiger partial charge < -0.3 is 10.1 Å². The summed E-state index contributed by atoms with van der Waals surface area (Å²) in [6, 6.07) is 9.40. The summed E-state index contributed by atoms with van der Waals surface area (Å²) in [5, 5.41) is 9.80. The van der Waals surface area contributed by atoms with Crippen molar-refractivity contribution in [2.75, 3.05) is 12.4 Å². The fraction of sp³-hybridized carbons (Fsp3) is 0.250. The van der Waals surface area contributed by atoms with Gasteiger partial charge in [0.25, 0.3) is 0 Å². The largest absolute Gasteiger partial charge is 0.396 e. The van der Waals surface area contributed by atoms with E-state index >= 15 is 0 Å². The second kappa shape index (κ2) is 5.18. The molecule has 16 heavy (non-hydrogen) atoms. The maximum atomic E-state index is 11.4. The summed E-state index contributed by atoms with van der Waals surface area (Å²) in [6.45, 7) is 0.172. The van der Waals surface area contributed by atoms with Crippen molar-refractivity contribution in [2.24, 2.45) is 0 Å². The standard InChI is InChI=1S/C12H13NO2S/c14-5-6-16-8-9-7-12(15)13-11-4-2-1-3-10(9)11/h1-4,7,14H,5-6,8H2,(H,13,15). The van der Waals surface area contributed by atoms with E-state index in [1.54, 1.807) is 17.8 Å². The zero-order valence-corrected chi connectivity index (χ0v) is 9.59. The zero-order chi connectivity index (χ0) is 11.4. The first-order valence-electron chi connectivity index (χ1n) is 5.11. The molecule has 0 aliphatic heterocycles. The summed E-state index contributed by atoms with van der Waals surface area (Å²) in [5.74, 6) is 1.45. The summed E-state index contributed by atoms with van der Waals surface area (Å²) in [6.07, 6.45) is 0. The maximum Gasteiger partial charge on any atom is 0.248 e. The predicted octanol–water partition coefficient (Wildman–Crippen LogP) is 1.75. The van der Waals surface area contributed by atoms with E-state index < -0.39 is 0 Å². The SMILES string of the molecule is O=c1cc(CSCCO)c2ccccc2[nH]1. The molecule has 0 saturated heterocycles. The van der Waals surface area contributed by atoms with Crippen molar-refractivity contribution in [1.29, 1.82) is 0 Å².